The number of benzene rings is 1. The van der Waals surface area contributed by atoms with Crippen molar-refractivity contribution in [2.45, 2.75) is 80.1 Å². The van der Waals surface area contributed by atoms with Gasteiger partial charge in [0.1, 0.15) is 11.5 Å². The van der Waals surface area contributed by atoms with Crippen LogP contribution in [-0.4, -0.2) is 55.8 Å². The molecule has 0 aliphatic carbocycles. The molecule has 0 radical (unpaired) electrons. The van der Waals surface area contributed by atoms with Crippen molar-refractivity contribution in [3.63, 3.8) is 0 Å². The number of hydrogen-bond donors (Lipinski definition) is 1. The molecule has 0 spiro atoms. The van der Waals surface area contributed by atoms with Crippen LogP contribution in [0, 0.1) is 14.4 Å². The first kappa shape index (κ1) is 53.6. The number of anilines is 3. The molecule has 1 aliphatic heterocycles. The first-order valence-electron chi connectivity index (χ1n) is 15.0. The molecule has 0 bridgehead atoms. The Hall–Kier alpha value is -1.99. The van der Waals surface area contributed by atoms with Gasteiger partial charge in [-0.2, -0.15) is 0 Å². The van der Waals surface area contributed by atoms with Gasteiger partial charge < -0.3 is 29.5 Å². The Bertz CT molecular complexity index is 838. The minimum absolute atomic E-state index is 0. The molecule has 1 fully saturated rings. The molecule has 2 aromatic rings. The molecule has 1 N–H and O–H groups in total. The van der Waals surface area contributed by atoms with Gasteiger partial charge in [-0.25, -0.2) is 9.97 Å². The number of rotatable bonds is 7. The molecule has 0 amide bonds. The third kappa shape index (κ3) is 26.2. The SMILES string of the molecule is C=C.C=Cc1ncc(N2CCCCC2)nc1Nc1ccc(C(C)C=C)cc1.CC.CC.CCC.CF.[CH2-]CN(C)C.[CH3-].[Na+]. The van der Waals surface area contributed by atoms with Gasteiger partial charge in [-0.05, 0) is 63.0 Å². The van der Waals surface area contributed by atoms with E-state index >= 15 is 0 Å². The van der Waals surface area contributed by atoms with E-state index in [4.69, 9.17) is 4.98 Å². The summed E-state index contributed by atoms with van der Waals surface area (Å²) in [5.41, 5.74) is 3.01. The number of aromatic nitrogens is 2. The number of piperidine rings is 1. The minimum Gasteiger partial charge on any atom is -0.358 e. The first-order valence-corrected chi connectivity index (χ1v) is 15.0. The molecule has 5 nitrogen and oxygen atoms in total. The van der Waals surface area contributed by atoms with Crippen LogP contribution in [0.3, 0.4) is 0 Å². The van der Waals surface area contributed by atoms with Crippen LogP contribution in [0.15, 0.2) is 62.9 Å². The Kier molecular flexibility index (Phi) is 49.8. The fraction of sp³-hybridized carbons (Fsp3) is 0.500. The number of nitrogens with one attached hydrogen (secondary N) is 1. The van der Waals surface area contributed by atoms with Crippen molar-refractivity contribution in [1.82, 2.24) is 14.9 Å². The van der Waals surface area contributed by atoms with Crippen LogP contribution in [0.25, 0.3) is 6.08 Å². The van der Waals surface area contributed by atoms with Gasteiger partial charge in [-0.1, -0.05) is 79.7 Å². The zero-order valence-electron chi connectivity index (χ0n) is 30.3. The molecule has 244 valence electrons. The molecule has 1 atom stereocenters. The smallest absolute Gasteiger partial charge is 0.358 e. The Balaban J connectivity index is -0.000000162. The summed E-state index contributed by atoms with van der Waals surface area (Å²) in [5, 5.41) is 3.39. The maximum Gasteiger partial charge on any atom is 1.00 e. The van der Waals surface area contributed by atoms with Crippen LogP contribution < -0.4 is 39.8 Å². The van der Waals surface area contributed by atoms with E-state index in [1.54, 1.807) is 6.08 Å². The largest absolute Gasteiger partial charge is 1.00 e. The second-order valence-electron chi connectivity index (χ2n) is 8.50. The van der Waals surface area contributed by atoms with Crippen molar-refractivity contribution in [2.75, 3.05) is 51.1 Å². The van der Waals surface area contributed by atoms with E-state index in [0.29, 0.717) is 13.1 Å². The average Bonchev–Trinajstić information content (AvgIpc) is 3.06. The summed E-state index contributed by atoms with van der Waals surface area (Å²) >= 11 is 0. The van der Waals surface area contributed by atoms with Gasteiger partial charge in [0.25, 0.3) is 0 Å². The van der Waals surface area contributed by atoms with Crippen LogP contribution in [0.5, 0.6) is 0 Å². The van der Waals surface area contributed by atoms with Gasteiger partial charge in [-0.15, -0.1) is 26.3 Å². The summed E-state index contributed by atoms with van der Waals surface area (Å²) in [6.45, 7) is 34.7. The molecule has 0 saturated carbocycles. The molecule has 3 rings (SSSR count). The molecule has 1 aliphatic rings. The van der Waals surface area contributed by atoms with Crippen molar-refractivity contribution in [2.24, 2.45) is 0 Å². The molecule has 1 aromatic carbocycles. The number of alkyl halides is 1. The predicted octanol–water partition coefficient (Wildman–Crippen LogP) is 7.84. The third-order valence-corrected chi connectivity index (χ3v) is 5.16. The van der Waals surface area contributed by atoms with Crippen LogP contribution >= 0.6 is 0 Å². The van der Waals surface area contributed by atoms with Gasteiger partial charge in [0.2, 0.25) is 0 Å². The number of allylic oxidation sites excluding steroid dienone is 1. The van der Waals surface area contributed by atoms with Crippen molar-refractivity contribution >= 4 is 23.4 Å². The fourth-order valence-corrected chi connectivity index (χ4v) is 3.05. The second-order valence-corrected chi connectivity index (χ2v) is 8.50. The molecule has 2 heterocycles. The number of hydrogen-bond acceptors (Lipinski definition) is 5. The summed E-state index contributed by atoms with van der Waals surface area (Å²) in [6.07, 6.45) is 10.5. The molecule has 1 aromatic heterocycles. The Morgan fingerprint density at radius 1 is 1.00 bits per heavy atom. The van der Waals surface area contributed by atoms with E-state index in [0.717, 1.165) is 42.7 Å². The maximum atomic E-state index is 9.50. The molecule has 43 heavy (non-hydrogen) atoms. The molecular formula is C36H66FN5Na-. The zero-order valence-corrected chi connectivity index (χ0v) is 32.3. The van der Waals surface area contributed by atoms with Gasteiger partial charge >= 0.3 is 29.6 Å². The van der Waals surface area contributed by atoms with E-state index in [2.05, 4.69) is 93.5 Å². The maximum absolute atomic E-state index is 9.50. The van der Waals surface area contributed by atoms with Crippen LogP contribution in [0.1, 0.15) is 91.3 Å². The number of halogens is 1. The summed E-state index contributed by atoms with van der Waals surface area (Å²) in [5.74, 6) is 2.03. The van der Waals surface area contributed by atoms with Crippen molar-refractivity contribution in [3.05, 3.63) is 88.5 Å². The van der Waals surface area contributed by atoms with Crippen LogP contribution in [0.4, 0.5) is 21.7 Å². The number of nitrogens with zero attached hydrogens (tertiary/aromatic N) is 4. The Morgan fingerprint density at radius 3 is 1.81 bits per heavy atom. The molecular weight excluding hydrogens is 544 g/mol. The molecule has 1 unspecified atom stereocenters. The van der Waals surface area contributed by atoms with Crippen LogP contribution in [-0.2, 0) is 0 Å². The van der Waals surface area contributed by atoms with E-state index in [9.17, 15) is 4.39 Å². The van der Waals surface area contributed by atoms with Crippen molar-refractivity contribution < 1.29 is 33.9 Å². The van der Waals surface area contributed by atoms with E-state index in [1.807, 2.05) is 59.0 Å². The summed E-state index contributed by atoms with van der Waals surface area (Å²) in [6, 6.07) is 8.36. The monoisotopic (exact) mass is 611 g/mol. The summed E-state index contributed by atoms with van der Waals surface area (Å²) < 4.78 is 9.50. The van der Waals surface area contributed by atoms with Gasteiger partial charge in [0, 0.05) is 18.8 Å². The summed E-state index contributed by atoms with van der Waals surface area (Å²) in [4.78, 5) is 13.7. The first-order chi connectivity index (χ1) is 19.9. The average molecular weight is 611 g/mol. The Labute approximate surface area is 290 Å². The van der Waals surface area contributed by atoms with E-state index in [-0.39, 0.29) is 37.0 Å². The molecule has 7 heteroatoms. The standard InChI is InChI=1S/C21H26N4.C4H10N.C3H8.2C2H6.C2H4.CH3F.CH3.Na/c1-4-16(3)17-9-11-18(12-10-17)23-21-19(5-2)22-15-20(24-21)25-13-7-6-8-14-25;1-4-5(2)3;1-3-2;4*1-2;;/h4-5,9-12,15-16H,1-2,6-8,13-14H2,3H3,(H,23,24);1,4H2,2-3H3;3H2,1-2H3;2*1-2H3;1-2H2;1H3;1H3;/q;-1;;;;;;-1;+1. The molecule has 1 saturated heterocycles. The predicted molar refractivity (Wildman–Crippen MR) is 194 cm³/mol. The minimum atomic E-state index is 0. The Morgan fingerprint density at radius 2 is 1.44 bits per heavy atom. The topological polar surface area (TPSA) is 44.3 Å². The van der Waals surface area contributed by atoms with Gasteiger partial charge in [0.05, 0.1) is 13.4 Å². The van der Waals surface area contributed by atoms with Crippen molar-refractivity contribution in [3.8, 4) is 0 Å². The van der Waals surface area contributed by atoms with E-state index in [1.165, 1.54) is 31.2 Å². The van der Waals surface area contributed by atoms with Crippen molar-refractivity contribution in [1.29, 1.82) is 0 Å². The normalized spacial score (nSPS) is 11.0. The van der Waals surface area contributed by atoms with Crippen LogP contribution in [0.2, 0.25) is 0 Å². The third-order valence-electron chi connectivity index (χ3n) is 5.16. The van der Waals surface area contributed by atoms with Gasteiger partial charge in [0.15, 0.2) is 5.82 Å². The zero-order chi connectivity index (χ0) is 32.6. The van der Waals surface area contributed by atoms with E-state index < -0.39 is 0 Å². The van der Waals surface area contributed by atoms with Gasteiger partial charge in [-0.3, -0.25) is 4.39 Å². The second kappa shape index (κ2) is 40.0. The summed E-state index contributed by atoms with van der Waals surface area (Å²) in [7, 11) is 4.49. The fourth-order valence-electron chi connectivity index (χ4n) is 3.05. The quantitative estimate of drug-likeness (QED) is 0.197.